The molecule has 0 atom stereocenters. The summed E-state index contributed by atoms with van der Waals surface area (Å²) in [6, 6.07) is 9.58. The van der Waals surface area contributed by atoms with Crippen LogP contribution in [0.2, 0.25) is 0 Å². The zero-order chi connectivity index (χ0) is 20.2. The van der Waals surface area contributed by atoms with Gasteiger partial charge in [-0.05, 0) is 18.4 Å². The number of carbonyl (C=O) groups is 4. The third-order valence-electron chi connectivity index (χ3n) is 4.45. The lowest BCUT2D eigenvalue weighted by atomic mass is 10.1. The molecule has 0 aliphatic carbocycles. The zero-order valence-corrected chi connectivity index (χ0v) is 16.1. The van der Waals surface area contributed by atoms with E-state index < -0.39 is 17.8 Å². The Hall–Kier alpha value is -2.70. The molecule has 28 heavy (non-hydrogen) atoms. The topological polar surface area (TPSA) is 90.0 Å². The molecule has 1 aliphatic heterocycles. The third-order valence-corrected chi connectivity index (χ3v) is 4.45. The highest BCUT2D eigenvalue weighted by atomic mass is 16.7. The van der Waals surface area contributed by atoms with Gasteiger partial charge in [-0.2, -0.15) is 0 Å². The van der Waals surface area contributed by atoms with Gasteiger partial charge in [-0.3, -0.25) is 14.4 Å². The van der Waals surface area contributed by atoms with Gasteiger partial charge in [0.05, 0.1) is 0 Å². The van der Waals surface area contributed by atoms with Gasteiger partial charge in [-0.15, -0.1) is 5.06 Å². The van der Waals surface area contributed by atoms with E-state index in [0.29, 0.717) is 24.5 Å². The van der Waals surface area contributed by atoms with E-state index >= 15 is 0 Å². The molecule has 0 unspecified atom stereocenters. The molecule has 7 nitrogen and oxygen atoms in total. The standard InChI is InChI=1S/C21H27NO6/c23-18-14-15-19(24)22(18)28-21(26)13-9-4-2-1-3-8-12-20(25)27-16-17-10-6-5-7-11-17/h5-7,10-11H,1-4,8-9,12-16H2. The minimum absolute atomic E-state index is 0.103. The van der Waals surface area contributed by atoms with Crippen LogP contribution in [0.5, 0.6) is 0 Å². The number of nitrogens with zero attached hydrogens (tertiary/aromatic N) is 1. The highest BCUT2D eigenvalue weighted by Gasteiger charge is 2.32. The first-order chi connectivity index (χ1) is 13.6. The molecule has 0 spiro atoms. The number of carbonyl (C=O) groups excluding carboxylic acids is 4. The van der Waals surface area contributed by atoms with Crippen LogP contribution in [-0.2, 0) is 35.4 Å². The molecule has 0 bridgehead atoms. The predicted octanol–water partition coefficient (Wildman–Crippen LogP) is 3.46. The first kappa shape index (κ1) is 21.6. The van der Waals surface area contributed by atoms with E-state index in [1.54, 1.807) is 0 Å². The Morgan fingerprint density at radius 3 is 1.93 bits per heavy atom. The van der Waals surface area contributed by atoms with Crippen molar-refractivity contribution in [3.05, 3.63) is 35.9 Å². The molecular weight excluding hydrogens is 362 g/mol. The van der Waals surface area contributed by atoms with Crippen LogP contribution in [0.4, 0.5) is 0 Å². The molecule has 1 fully saturated rings. The van der Waals surface area contributed by atoms with Crippen LogP contribution in [0.15, 0.2) is 30.3 Å². The Labute approximate surface area is 164 Å². The first-order valence-electron chi connectivity index (χ1n) is 9.82. The van der Waals surface area contributed by atoms with Crippen molar-refractivity contribution in [3.63, 3.8) is 0 Å². The number of rotatable bonds is 12. The second-order valence-electron chi connectivity index (χ2n) is 6.81. The van der Waals surface area contributed by atoms with Gasteiger partial charge in [0.1, 0.15) is 6.61 Å². The SMILES string of the molecule is O=C(CCCCCCCCC(=O)ON1C(=O)CCC1=O)OCc1ccccc1. The number of hydroxylamine groups is 2. The second-order valence-corrected chi connectivity index (χ2v) is 6.81. The second kappa shape index (κ2) is 11.9. The average molecular weight is 389 g/mol. The van der Waals surface area contributed by atoms with Crippen LogP contribution in [0.1, 0.15) is 69.8 Å². The summed E-state index contributed by atoms with van der Waals surface area (Å²) in [7, 11) is 0. The smallest absolute Gasteiger partial charge is 0.333 e. The van der Waals surface area contributed by atoms with Crippen molar-refractivity contribution in [1.82, 2.24) is 5.06 Å². The van der Waals surface area contributed by atoms with Gasteiger partial charge >= 0.3 is 11.9 Å². The summed E-state index contributed by atoms with van der Waals surface area (Å²) < 4.78 is 5.23. The molecule has 7 heteroatoms. The maximum absolute atomic E-state index is 11.7. The van der Waals surface area contributed by atoms with Crippen LogP contribution in [-0.4, -0.2) is 28.8 Å². The molecular formula is C21H27NO6. The molecule has 152 valence electrons. The van der Waals surface area contributed by atoms with E-state index in [1.807, 2.05) is 30.3 Å². The van der Waals surface area contributed by atoms with E-state index in [-0.39, 0.29) is 25.2 Å². The van der Waals surface area contributed by atoms with E-state index in [9.17, 15) is 19.2 Å². The van der Waals surface area contributed by atoms with Gasteiger partial charge in [0.15, 0.2) is 0 Å². The van der Waals surface area contributed by atoms with Crippen LogP contribution in [0.25, 0.3) is 0 Å². The highest BCUT2D eigenvalue weighted by Crippen LogP contribution is 2.14. The van der Waals surface area contributed by atoms with E-state index in [1.165, 1.54) is 0 Å². The van der Waals surface area contributed by atoms with Crippen LogP contribution >= 0.6 is 0 Å². The first-order valence-corrected chi connectivity index (χ1v) is 9.82. The molecule has 1 aliphatic rings. The van der Waals surface area contributed by atoms with E-state index in [2.05, 4.69) is 0 Å². The van der Waals surface area contributed by atoms with Crippen LogP contribution in [0, 0.1) is 0 Å². The fourth-order valence-electron chi connectivity index (χ4n) is 2.86. The van der Waals surface area contributed by atoms with Gasteiger partial charge in [0.25, 0.3) is 11.8 Å². The lowest BCUT2D eigenvalue weighted by molar-refractivity contribution is -0.197. The maximum atomic E-state index is 11.7. The molecule has 1 aromatic rings. The number of hydrogen-bond acceptors (Lipinski definition) is 6. The molecule has 0 aromatic heterocycles. The minimum atomic E-state index is -0.551. The quantitative estimate of drug-likeness (QED) is 0.309. The highest BCUT2D eigenvalue weighted by molar-refractivity contribution is 6.01. The fourth-order valence-corrected chi connectivity index (χ4v) is 2.86. The lowest BCUT2D eigenvalue weighted by Crippen LogP contribution is -2.31. The largest absolute Gasteiger partial charge is 0.461 e. The minimum Gasteiger partial charge on any atom is -0.461 e. The van der Waals surface area contributed by atoms with Crippen molar-refractivity contribution in [2.75, 3.05) is 0 Å². The number of hydrogen-bond donors (Lipinski definition) is 0. The summed E-state index contributed by atoms with van der Waals surface area (Å²) >= 11 is 0. The Morgan fingerprint density at radius 1 is 0.786 bits per heavy atom. The van der Waals surface area contributed by atoms with Crippen molar-refractivity contribution in [1.29, 1.82) is 0 Å². The summed E-state index contributed by atoms with van der Waals surface area (Å²) in [6.45, 7) is 0.310. The third kappa shape index (κ3) is 7.90. The summed E-state index contributed by atoms with van der Waals surface area (Å²) in [4.78, 5) is 50.8. The molecule has 0 radical (unpaired) electrons. The average Bonchev–Trinajstić information content (AvgIpc) is 3.01. The molecule has 2 rings (SSSR count). The van der Waals surface area contributed by atoms with Crippen LogP contribution in [0.3, 0.4) is 0 Å². The fraction of sp³-hybridized carbons (Fsp3) is 0.524. The van der Waals surface area contributed by atoms with Crippen molar-refractivity contribution in [2.24, 2.45) is 0 Å². The van der Waals surface area contributed by atoms with Gasteiger partial charge in [0.2, 0.25) is 0 Å². The monoisotopic (exact) mass is 389 g/mol. The predicted molar refractivity (Wildman–Crippen MR) is 100 cm³/mol. The van der Waals surface area contributed by atoms with Crippen molar-refractivity contribution >= 4 is 23.8 Å². The lowest BCUT2D eigenvalue weighted by Gasteiger charge is -2.12. The van der Waals surface area contributed by atoms with E-state index in [0.717, 1.165) is 37.7 Å². The molecule has 2 amide bonds. The summed E-state index contributed by atoms with van der Waals surface area (Å²) in [5.41, 5.74) is 0.979. The Bertz CT molecular complexity index is 657. The number of benzene rings is 1. The molecule has 0 saturated carbocycles. The zero-order valence-electron chi connectivity index (χ0n) is 16.1. The van der Waals surface area contributed by atoms with Gasteiger partial charge in [-0.25, -0.2) is 4.79 Å². The number of unbranched alkanes of at least 4 members (excludes halogenated alkanes) is 5. The van der Waals surface area contributed by atoms with Gasteiger partial charge in [0, 0.05) is 25.7 Å². The van der Waals surface area contributed by atoms with Crippen molar-refractivity contribution < 1.29 is 28.8 Å². The van der Waals surface area contributed by atoms with Gasteiger partial charge in [-0.1, -0.05) is 56.0 Å². The number of ether oxygens (including phenoxy) is 1. The number of imide groups is 1. The van der Waals surface area contributed by atoms with Crippen molar-refractivity contribution in [2.45, 2.75) is 70.8 Å². The number of amides is 2. The van der Waals surface area contributed by atoms with E-state index in [4.69, 9.17) is 9.57 Å². The molecule has 1 aromatic carbocycles. The Balaban J connectivity index is 1.42. The summed E-state index contributed by atoms with van der Waals surface area (Å²) in [5, 5.41) is 0.583. The summed E-state index contributed by atoms with van der Waals surface area (Å²) in [5.74, 6) is -1.65. The number of esters is 1. The molecule has 1 saturated heterocycles. The maximum Gasteiger partial charge on any atom is 0.333 e. The normalized spacial score (nSPS) is 13.6. The molecule has 0 N–H and O–H groups in total. The van der Waals surface area contributed by atoms with Crippen LogP contribution < -0.4 is 0 Å². The van der Waals surface area contributed by atoms with Gasteiger partial charge < -0.3 is 9.57 Å². The van der Waals surface area contributed by atoms with Crippen molar-refractivity contribution in [3.8, 4) is 0 Å². The molecule has 1 heterocycles. The summed E-state index contributed by atoms with van der Waals surface area (Å²) in [6.07, 6.45) is 5.95. The Morgan fingerprint density at radius 2 is 1.32 bits per heavy atom. The Kier molecular flexibility index (Phi) is 9.18.